The topological polar surface area (TPSA) is 207 Å². The normalized spacial score (nSPS) is 14.4. The second kappa shape index (κ2) is 18.0. The molecule has 12 nitrogen and oxygen atoms in total. The molecule has 0 radical (unpaired) electrons. The Morgan fingerprint density at radius 2 is 1.50 bits per heavy atom. The first-order valence-electron chi connectivity index (χ1n) is 11.5. The van der Waals surface area contributed by atoms with Crippen LogP contribution in [0.2, 0.25) is 0 Å². The molecule has 34 heavy (non-hydrogen) atoms. The van der Waals surface area contributed by atoms with E-state index in [1.165, 1.54) is 0 Å². The number of unbranched alkanes of at least 4 members (excludes halogenated alkanes) is 1. The smallest absolute Gasteiger partial charge is 0.243 e. The molecule has 0 aliphatic carbocycles. The fourth-order valence-electron chi connectivity index (χ4n) is 2.94. The number of hydrogen-bond donors (Lipinski definition) is 8. The van der Waals surface area contributed by atoms with Crippen LogP contribution in [0, 0.1) is 5.92 Å². The quantitative estimate of drug-likeness (QED) is 0.0345. The number of amides is 3. The van der Waals surface area contributed by atoms with Gasteiger partial charge < -0.3 is 43.3 Å². The van der Waals surface area contributed by atoms with Crippen molar-refractivity contribution in [3.63, 3.8) is 0 Å². The minimum Gasteiger partial charge on any atom is -0.370 e. The van der Waals surface area contributed by atoms with Crippen LogP contribution in [0.25, 0.3) is 0 Å². The Kier molecular flexibility index (Phi) is 16.8. The molecule has 0 unspecified atom stereocenters. The van der Waals surface area contributed by atoms with Gasteiger partial charge in [-0.25, -0.2) is 0 Å². The third-order valence-corrected chi connectivity index (χ3v) is 5.48. The number of thiol groups is 1. The molecule has 13 heteroatoms. The van der Waals surface area contributed by atoms with Gasteiger partial charge in [-0.15, -0.1) is 0 Å². The number of guanidine groups is 1. The van der Waals surface area contributed by atoms with Crippen molar-refractivity contribution >= 4 is 42.6 Å². The predicted octanol–water partition coefficient (Wildman–Crippen LogP) is -2.00. The van der Waals surface area contributed by atoms with Crippen molar-refractivity contribution < 1.29 is 19.2 Å². The Balaban J connectivity index is 5.46. The standard InChI is InChI=1S/C21H42N8O4S/c1-13(2)17(22)20(33)29-15(7-4-5-9-25-3)19(32)28-16(8-6-10-26-21(23)24)18(31)27-14(11-30)12-34/h11,13-17,25,34H,4-10,12,22H2,1-3H3,(H,27,31)(H,28,32)(H,29,33)(H4,23,24,26)/t14-,15+,16+,17+/m1/s1. The zero-order valence-electron chi connectivity index (χ0n) is 20.4. The first kappa shape index (κ1) is 31.6. The number of hydrogen-bond acceptors (Lipinski definition) is 8. The van der Waals surface area contributed by atoms with Gasteiger partial charge in [0.05, 0.1) is 12.1 Å². The highest BCUT2D eigenvalue weighted by atomic mass is 32.1. The lowest BCUT2D eigenvalue weighted by Gasteiger charge is -2.25. The number of aliphatic imine (C=N–C) groups is 1. The van der Waals surface area contributed by atoms with Gasteiger partial charge in [-0.2, -0.15) is 12.6 Å². The second-order valence-electron chi connectivity index (χ2n) is 8.37. The van der Waals surface area contributed by atoms with Crippen molar-refractivity contribution in [2.24, 2.45) is 28.1 Å². The van der Waals surface area contributed by atoms with Crippen molar-refractivity contribution in [2.45, 2.75) is 70.1 Å². The molecular weight excluding hydrogens is 460 g/mol. The van der Waals surface area contributed by atoms with E-state index in [1.807, 2.05) is 20.9 Å². The lowest BCUT2D eigenvalue weighted by Crippen LogP contribution is -2.57. The van der Waals surface area contributed by atoms with Gasteiger partial charge in [-0.1, -0.05) is 13.8 Å². The molecule has 0 rings (SSSR count). The van der Waals surface area contributed by atoms with E-state index in [9.17, 15) is 19.2 Å². The van der Waals surface area contributed by atoms with Crippen molar-refractivity contribution in [2.75, 3.05) is 25.9 Å². The third kappa shape index (κ3) is 13.4. The van der Waals surface area contributed by atoms with Crippen LogP contribution in [-0.2, 0) is 19.2 Å². The molecule has 0 fully saturated rings. The Morgan fingerprint density at radius 1 is 0.941 bits per heavy atom. The Labute approximate surface area is 207 Å². The molecule has 0 saturated carbocycles. The second-order valence-corrected chi connectivity index (χ2v) is 8.74. The van der Waals surface area contributed by atoms with E-state index in [0.29, 0.717) is 25.5 Å². The van der Waals surface area contributed by atoms with Crippen molar-refractivity contribution in [1.29, 1.82) is 0 Å². The van der Waals surface area contributed by atoms with Gasteiger partial charge in [0.25, 0.3) is 0 Å². The first-order chi connectivity index (χ1) is 16.1. The number of rotatable bonds is 18. The lowest BCUT2D eigenvalue weighted by molar-refractivity contribution is -0.133. The third-order valence-electron chi connectivity index (χ3n) is 5.09. The van der Waals surface area contributed by atoms with Gasteiger partial charge in [0.15, 0.2) is 5.96 Å². The zero-order valence-corrected chi connectivity index (χ0v) is 21.3. The van der Waals surface area contributed by atoms with E-state index in [4.69, 9.17) is 17.2 Å². The molecule has 196 valence electrons. The maximum Gasteiger partial charge on any atom is 0.243 e. The van der Waals surface area contributed by atoms with Gasteiger partial charge in [0, 0.05) is 12.3 Å². The molecular formula is C21H42N8O4S. The fourth-order valence-corrected chi connectivity index (χ4v) is 3.12. The number of carbonyl (C=O) groups excluding carboxylic acids is 4. The summed E-state index contributed by atoms with van der Waals surface area (Å²) in [5, 5.41) is 11.0. The van der Waals surface area contributed by atoms with E-state index in [-0.39, 0.29) is 30.6 Å². The average Bonchev–Trinajstić information content (AvgIpc) is 2.79. The van der Waals surface area contributed by atoms with Crippen molar-refractivity contribution in [1.82, 2.24) is 21.3 Å². The summed E-state index contributed by atoms with van der Waals surface area (Å²) >= 11 is 4.03. The molecule has 3 amide bonds. The minimum absolute atomic E-state index is 0.0769. The lowest BCUT2D eigenvalue weighted by atomic mass is 10.0. The Hall–Kier alpha value is -2.38. The van der Waals surface area contributed by atoms with Gasteiger partial charge in [0.2, 0.25) is 17.7 Å². The largest absolute Gasteiger partial charge is 0.370 e. The highest BCUT2D eigenvalue weighted by Crippen LogP contribution is 2.07. The average molecular weight is 503 g/mol. The van der Waals surface area contributed by atoms with Crippen LogP contribution in [0.1, 0.15) is 46.0 Å². The molecule has 0 saturated heterocycles. The first-order valence-corrected chi connectivity index (χ1v) is 12.1. The number of nitrogens with two attached hydrogens (primary N) is 3. The number of aldehydes is 1. The van der Waals surface area contributed by atoms with Gasteiger partial charge in [-0.05, 0) is 51.6 Å². The minimum atomic E-state index is -0.959. The van der Waals surface area contributed by atoms with E-state index in [1.54, 1.807) is 0 Å². The van der Waals surface area contributed by atoms with Crippen LogP contribution in [0.4, 0.5) is 0 Å². The monoisotopic (exact) mass is 502 g/mol. The van der Waals surface area contributed by atoms with Crippen molar-refractivity contribution in [3.8, 4) is 0 Å². The summed E-state index contributed by atoms with van der Waals surface area (Å²) in [5.41, 5.74) is 16.6. The van der Waals surface area contributed by atoms with E-state index in [2.05, 4.69) is 38.9 Å². The van der Waals surface area contributed by atoms with Gasteiger partial charge >= 0.3 is 0 Å². The number of nitrogens with zero attached hydrogens (tertiary/aromatic N) is 1. The van der Waals surface area contributed by atoms with Gasteiger partial charge in [0.1, 0.15) is 18.4 Å². The van der Waals surface area contributed by atoms with Crippen LogP contribution < -0.4 is 38.5 Å². The zero-order chi connectivity index (χ0) is 26.1. The van der Waals surface area contributed by atoms with Crippen LogP contribution in [0.15, 0.2) is 4.99 Å². The molecule has 0 bridgehead atoms. The molecule has 10 N–H and O–H groups in total. The summed E-state index contributed by atoms with van der Waals surface area (Å²) in [6, 6.07) is -3.39. The van der Waals surface area contributed by atoms with Crippen molar-refractivity contribution in [3.05, 3.63) is 0 Å². The Bertz CT molecular complexity index is 673. The summed E-state index contributed by atoms with van der Waals surface area (Å²) in [6.45, 7) is 4.65. The highest BCUT2D eigenvalue weighted by Gasteiger charge is 2.29. The molecule has 4 atom stereocenters. The summed E-state index contributed by atoms with van der Waals surface area (Å²) < 4.78 is 0. The van der Waals surface area contributed by atoms with Crippen LogP contribution in [-0.4, -0.2) is 80.0 Å². The Morgan fingerprint density at radius 3 is 2.00 bits per heavy atom. The number of carbonyl (C=O) groups is 4. The SMILES string of the molecule is CNCCCC[C@H](NC(=O)[C@@H](N)C(C)C)C(=O)N[C@@H](CCCN=C(N)N)C(=O)N[C@H](C=O)CS. The van der Waals surface area contributed by atoms with E-state index < -0.39 is 41.9 Å². The van der Waals surface area contributed by atoms with Crippen LogP contribution in [0.3, 0.4) is 0 Å². The van der Waals surface area contributed by atoms with E-state index >= 15 is 0 Å². The fraction of sp³-hybridized carbons (Fsp3) is 0.762. The summed E-state index contributed by atoms with van der Waals surface area (Å²) in [4.78, 5) is 53.4. The van der Waals surface area contributed by atoms with Gasteiger partial charge in [-0.3, -0.25) is 19.4 Å². The highest BCUT2D eigenvalue weighted by molar-refractivity contribution is 7.80. The molecule has 0 heterocycles. The summed E-state index contributed by atoms with van der Waals surface area (Å²) in [5.74, 6) is -1.56. The molecule has 0 aromatic heterocycles. The summed E-state index contributed by atoms with van der Waals surface area (Å²) in [6.07, 6.45) is 3.04. The maximum atomic E-state index is 13.1. The molecule has 0 spiro atoms. The van der Waals surface area contributed by atoms with E-state index in [0.717, 1.165) is 13.0 Å². The molecule has 0 aromatic carbocycles. The molecule has 0 aliphatic heterocycles. The molecule has 0 aromatic rings. The van der Waals surface area contributed by atoms with Crippen LogP contribution in [0.5, 0.6) is 0 Å². The van der Waals surface area contributed by atoms with Crippen LogP contribution >= 0.6 is 12.6 Å². The predicted molar refractivity (Wildman–Crippen MR) is 136 cm³/mol. The summed E-state index contributed by atoms with van der Waals surface area (Å²) in [7, 11) is 1.83. The maximum absolute atomic E-state index is 13.1. The molecule has 0 aliphatic rings. The number of nitrogens with one attached hydrogen (secondary N) is 4.